The molecule has 1 fully saturated rings. The molecule has 0 N–H and O–H groups in total. The molecule has 0 saturated carbocycles. The number of nitrogens with zero attached hydrogens (tertiary/aromatic N) is 3. The number of hydrogen-bond acceptors (Lipinski definition) is 5. The topological polar surface area (TPSA) is 68.5 Å². The van der Waals surface area contributed by atoms with Gasteiger partial charge in [-0.1, -0.05) is 41.9 Å². The molecule has 1 aliphatic heterocycles. The van der Waals surface area contributed by atoms with E-state index in [1.54, 1.807) is 12.1 Å². The third-order valence-corrected chi connectivity index (χ3v) is 5.23. The Morgan fingerprint density at radius 1 is 1.14 bits per heavy atom. The molecule has 1 unspecified atom stereocenters. The number of ether oxygens (including phenoxy) is 1. The van der Waals surface area contributed by atoms with Gasteiger partial charge in [-0.3, -0.25) is 4.79 Å². The third-order valence-electron chi connectivity index (χ3n) is 4.98. The van der Waals surface area contributed by atoms with E-state index in [2.05, 4.69) is 10.2 Å². The maximum absolute atomic E-state index is 12.7. The standard InChI is InChI=1S/C22H22ClN3O3/c23-18-10-8-16(9-11-18)13-21(27)26-12-4-5-17(14-26)22-25-24-20(29-22)15-28-19-6-2-1-3-7-19/h1-3,6-11,17H,4-5,12-15H2. The summed E-state index contributed by atoms with van der Waals surface area (Å²) in [5.41, 5.74) is 0.958. The first-order valence-corrected chi connectivity index (χ1v) is 10.1. The van der Waals surface area contributed by atoms with Crippen LogP contribution in [0.4, 0.5) is 0 Å². The van der Waals surface area contributed by atoms with Gasteiger partial charge in [0.15, 0.2) is 6.61 Å². The lowest BCUT2D eigenvalue weighted by atomic mass is 9.97. The van der Waals surface area contributed by atoms with E-state index in [0.29, 0.717) is 29.8 Å². The van der Waals surface area contributed by atoms with E-state index >= 15 is 0 Å². The summed E-state index contributed by atoms with van der Waals surface area (Å²) in [5.74, 6) is 1.91. The van der Waals surface area contributed by atoms with Crippen LogP contribution in [0.25, 0.3) is 0 Å². The van der Waals surface area contributed by atoms with Gasteiger partial charge in [0.25, 0.3) is 5.89 Å². The zero-order valence-electron chi connectivity index (χ0n) is 16.0. The van der Waals surface area contributed by atoms with Crippen molar-refractivity contribution in [3.05, 3.63) is 77.0 Å². The van der Waals surface area contributed by atoms with E-state index in [1.807, 2.05) is 47.4 Å². The Hall–Kier alpha value is -2.86. The number of benzene rings is 2. The zero-order valence-corrected chi connectivity index (χ0v) is 16.7. The van der Waals surface area contributed by atoms with Crippen LogP contribution in [-0.2, 0) is 17.8 Å². The fourth-order valence-corrected chi connectivity index (χ4v) is 3.57. The van der Waals surface area contributed by atoms with Crippen molar-refractivity contribution in [3.63, 3.8) is 0 Å². The molecule has 0 aliphatic carbocycles. The Morgan fingerprint density at radius 3 is 2.72 bits per heavy atom. The van der Waals surface area contributed by atoms with Crippen LogP contribution in [0.3, 0.4) is 0 Å². The SMILES string of the molecule is O=C(Cc1ccc(Cl)cc1)N1CCCC(c2nnc(COc3ccccc3)o2)C1. The highest BCUT2D eigenvalue weighted by atomic mass is 35.5. The van der Waals surface area contributed by atoms with Crippen LogP contribution < -0.4 is 4.74 Å². The summed E-state index contributed by atoms with van der Waals surface area (Å²) in [6.07, 6.45) is 2.20. The molecule has 29 heavy (non-hydrogen) atoms. The summed E-state index contributed by atoms with van der Waals surface area (Å²) in [6.45, 7) is 1.57. The molecule has 4 rings (SSSR count). The normalized spacial score (nSPS) is 16.6. The van der Waals surface area contributed by atoms with Crippen molar-refractivity contribution in [2.45, 2.75) is 31.8 Å². The lowest BCUT2D eigenvalue weighted by Crippen LogP contribution is -2.40. The third kappa shape index (κ3) is 5.15. The number of carbonyl (C=O) groups excluding carboxylic acids is 1. The largest absolute Gasteiger partial charge is 0.484 e. The van der Waals surface area contributed by atoms with E-state index < -0.39 is 0 Å². The van der Waals surface area contributed by atoms with E-state index in [0.717, 1.165) is 30.7 Å². The van der Waals surface area contributed by atoms with E-state index in [1.165, 1.54) is 0 Å². The molecule has 1 aromatic heterocycles. The summed E-state index contributed by atoms with van der Waals surface area (Å²) >= 11 is 5.92. The molecule has 2 aromatic carbocycles. The minimum atomic E-state index is 0.0518. The first-order chi connectivity index (χ1) is 14.2. The van der Waals surface area contributed by atoms with Crippen molar-refractivity contribution in [2.24, 2.45) is 0 Å². The molecule has 0 radical (unpaired) electrons. The Balaban J connectivity index is 1.34. The first kappa shape index (κ1) is 19.5. The highest BCUT2D eigenvalue weighted by molar-refractivity contribution is 6.30. The summed E-state index contributed by atoms with van der Waals surface area (Å²) in [4.78, 5) is 14.6. The minimum Gasteiger partial charge on any atom is -0.484 e. The number of hydrogen-bond donors (Lipinski definition) is 0. The van der Waals surface area contributed by atoms with Crippen molar-refractivity contribution >= 4 is 17.5 Å². The van der Waals surface area contributed by atoms with Crippen LogP contribution >= 0.6 is 11.6 Å². The molecule has 1 atom stereocenters. The molecule has 1 saturated heterocycles. The molecular weight excluding hydrogens is 390 g/mol. The van der Waals surface area contributed by atoms with Gasteiger partial charge in [0, 0.05) is 18.1 Å². The molecule has 6 nitrogen and oxygen atoms in total. The Bertz CT molecular complexity index is 943. The summed E-state index contributed by atoms with van der Waals surface area (Å²) in [5, 5.41) is 8.95. The van der Waals surface area contributed by atoms with Crippen molar-refractivity contribution in [2.75, 3.05) is 13.1 Å². The number of likely N-dealkylation sites (tertiary alicyclic amines) is 1. The van der Waals surface area contributed by atoms with E-state index in [4.69, 9.17) is 20.8 Å². The Morgan fingerprint density at radius 2 is 1.93 bits per heavy atom. The van der Waals surface area contributed by atoms with Crippen LogP contribution in [0.1, 0.15) is 36.1 Å². The lowest BCUT2D eigenvalue weighted by Gasteiger charge is -2.31. The number of rotatable bonds is 6. The van der Waals surface area contributed by atoms with Gasteiger partial charge < -0.3 is 14.1 Å². The van der Waals surface area contributed by atoms with Gasteiger partial charge >= 0.3 is 0 Å². The van der Waals surface area contributed by atoms with Gasteiger partial charge in [-0.05, 0) is 42.7 Å². The van der Waals surface area contributed by atoms with Crippen LogP contribution in [0, 0.1) is 0 Å². The summed E-state index contributed by atoms with van der Waals surface area (Å²) < 4.78 is 11.5. The quantitative estimate of drug-likeness (QED) is 0.606. The Kier molecular flexibility index (Phi) is 6.10. The summed E-state index contributed by atoms with van der Waals surface area (Å²) in [6, 6.07) is 16.9. The van der Waals surface area contributed by atoms with Crippen LogP contribution in [0.15, 0.2) is 59.0 Å². The van der Waals surface area contributed by atoms with Crippen molar-refractivity contribution < 1.29 is 13.9 Å². The van der Waals surface area contributed by atoms with Crippen LogP contribution in [-0.4, -0.2) is 34.1 Å². The number of aromatic nitrogens is 2. The second-order valence-electron chi connectivity index (χ2n) is 7.12. The highest BCUT2D eigenvalue weighted by Gasteiger charge is 2.28. The predicted octanol–water partition coefficient (Wildman–Crippen LogP) is 4.25. The number of para-hydroxylation sites is 1. The number of carbonyl (C=O) groups is 1. The molecule has 1 amide bonds. The van der Waals surface area contributed by atoms with Crippen molar-refractivity contribution in [1.29, 1.82) is 0 Å². The zero-order chi connectivity index (χ0) is 20.1. The number of amides is 1. The fourth-order valence-electron chi connectivity index (χ4n) is 3.45. The first-order valence-electron chi connectivity index (χ1n) is 9.70. The second-order valence-corrected chi connectivity index (χ2v) is 7.55. The fraction of sp³-hybridized carbons (Fsp3) is 0.318. The predicted molar refractivity (Wildman–Crippen MR) is 109 cm³/mol. The maximum Gasteiger partial charge on any atom is 0.253 e. The average molecular weight is 412 g/mol. The number of piperidine rings is 1. The van der Waals surface area contributed by atoms with Gasteiger partial charge in [0.1, 0.15) is 5.75 Å². The van der Waals surface area contributed by atoms with Gasteiger partial charge in [-0.25, -0.2) is 0 Å². The number of halogens is 1. The molecule has 150 valence electrons. The second kappa shape index (κ2) is 9.09. The molecule has 3 aromatic rings. The van der Waals surface area contributed by atoms with Crippen molar-refractivity contribution in [1.82, 2.24) is 15.1 Å². The maximum atomic E-state index is 12.7. The highest BCUT2D eigenvalue weighted by Crippen LogP contribution is 2.27. The molecule has 7 heteroatoms. The molecule has 0 bridgehead atoms. The van der Waals surface area contributed by atoms with Gasteiger partial charge in [-0.15, -0.1) is 10.2 Å². The Labute approximate surface area is 174 Å². The van der Waals surface area contributed by atoms with E-state index in [-0.39, 0.29) is 18.4 Å². The summed E-state index contributed by atoms with van der Waals surface area (Å²) in [7, 11) is 0. The monoisotopic (exact) mass is 411 g/mol. The lowest BCUT2D eigenvalue weighted by molar-refractivity contribution is -0.131. The average Bonchev–Trinajstić information content (AvgIpc) is 3.24. The smallest absolute Gasteiger partial charge is 0.253 e. The molecule has 1 aliphatic rings. The molecule has 2 heterocycles. The van der Waals surface area contributed by atoms with Gasteiger partial charge in [-0.2, -0.15) is 0 Å². The minimum absolute atomic E-state index is 0.0518. The van der Waals surface area contributed by atoms with Gasteiger partial charge in [0.2, 0.25) is 11.8 Å². The molecular formula is C22H22ClN3O3. The van der Waals surface area contributed by atoms with E-state index in [9.17, 15) is 4.79 Å². The van der Waals surface area contributed by atoms with Gasteiger partial charge in [0.05, 0.1) is 12.3 Å². The van der Waals surface area contributed by atoms with Crippen molar-refractivity contribution in [3.8, 4) is 5.75 Å². The molecule has 0 spiro atoms. The van der Waals surface area contributed by atoms with Crippen LogP contribution in [0.2, 0.25) is 5.02 Å². The van der Waals surface area contributed by atoms with Crippen LogP contribution in [0.5, 0.6) is 5.75 Å².